The summed E-state index contributed by atoms with van der Waals surface area (Å²) in [5.41, 5.74) is 7.16. The van der Waals surface area contributed by atoms with Crippen molar-refractivity contribution in [2.75, 3.05) is 6.61 Å². The third kappa shape index (κ3) is 4.34. The van der Waals surface area contributed by atoms with Gasteiger partial charge in [0, 0.05) is 0 Å². The molecule has 124 valence electrons. The molecule has 0 heterocycles. The second kappa shape index (κ2) is 8.27. The summed E-state index contributed by atoms with van der Waals surface area (Å²) < 4.78 is 5.47. The highest BCUT2D eigenvalue weighted by Gasteiger charge is 2.01. The molecule has 0 fully saturated rings. The van der Waals surface area contributed by atoms with Crippen LogP contribution < -0.4 is 0 Å². The summed E-state index contributed by atoms with van der Waals surface area (Å²) in [7, 11) is 0. The molecule has 0 saturated carbocycles. The van der Waals surface area contributed by atoms with Crippen molar-refractivity contribution in [3.63, 3.8) is 0 Å². The fourth-order valence-electron chi connectivity index (χ4n) is 2.72. The van der Waals surface area contributed by atoms with Gasteiger partial charge in [0.2, 0.25) is 0 Å². The van der Waals surface area contributed by atoms with Gasteiger partial charge in [-0.25, -0.2) is 0 Å². The topological polar surface area (TPSA) is 9.23 Å². The molecule has 0 atom stereocenters. The first kappa shape index (κ1) is 16.9. The van der Waals surface area contributed by atoms with E-state index < -0.39 is 0 Å². The highest BCUT2D eigenvalue weighted by Crippen LogP contribution is 2.25. The second-order valence-electron chi connectivity index (χ2n) is 5.90. The third-order valence-electron chi connectivity index (χ3n) is 4.16. The molecule has 0 aliphatic carbocycles. The van der Waals surface area contributed by atoms with Crippen LogP contribution in [0.5, 0.6) is 0 Å². The van der Waals surface area contributed by atoms with Crippen LogP contribution in [0.2, 0.25) is 0 Å². The molecule has 3 aromatic rings. The normalized spacial score (nSPS) is 10.4. The Morgan fingerprint density at radius 1 is 0.640 bits per heavy atom. The quantitative estimate of drug-likeness (QED) is 0.362. The van der Waals surface area contributed by atoms with Crippen LogP contribution in [0.4, 0.5) is 0 Å². The molecule has 0 aliphatic heterocycles. The van der Waals surface area contributed by atoms with Gasteiger partial charge in [-0.15, -0.1) is 6.58 Å². The van der Waals surface area contributed by atoms with Crippen LogP contribution in [-0.4, -0.2) is 6.61 Å². The van der Waals surface area contributed by atoms with Gasteiger partial charge in [0.05, 0.1) is 13.2 Å². The first-order chi connectivity index (χ1) is 12.3. The molecule has 0 unspecified atom stereocenters. The summed E-state index contributed by atoms with van der Waals surface area (Å²) in [6, 6.07) is 25.6. The van der Waals surface area contributed by atoms with E-state index in [-0.39, 0.29) is 0 Å². The molecule has 1 heteroatoms. The zero-order chi connectivity index (χ0) is 17.5. The van der Waals surface area contributed by atoms with Crippen LogP contribution in [0.3, 0.4) is 0 Å². The van der Waals surface area contributed by atoms with E-state index in [0.29, 0.717) is 13.2 Å². The molecule has 0 bridgehead atoms. The summed E-state index contributed by atoms with van der Waals surface area (Å²) in [4.78, 5) is 0. The molecule has 0 N–H and O–H groups in total. The number of ether oxygens (including phenoxy) is 1. The van der Waals surface area contributed by atoms with Crippen molar-refractivity contribution in [3.05, 3.63) is 103 Å². The van der Waals surface area contributed by atoms with Crippen molar-refractivity contribution < 1.29 is 4.74 Å². The number of rotatable bonds is 7. The van der Waals surface area contributed by atoms with Gasteiger partial charge in [0.15, 0.2) is 0 Å². The largest absolute Gasteiger partial charge is 0.373 e. The van der Waals surface area contributed by atoms with E-state index in [1.54, 1.807) is 6.08 Å². The number of hydrogen-bond acceptors (Lipinski definition) is 1. The summed E-state index contributed by atoms with van der Waals surface area (Å²) >= 11 is 0. The monoisotopic (exact) mass is 326 g/mol. The molecule has 3 rings (SSSR count). The number of hydrogen-bond donors (Lipinski definition) is 0. The Balaban J connectivity index is 1.73. The predicted molar refractivity (Wildman–Crippen MR) is 107 cm³/mol. The standard InChI is InChI=1S/C24H22O/c1-3-17-25-18-20-7-11-22(12-8-20)24-15-13-23(14-16-24)21-9-5-19(4-2)6-10-21/h3-16H,1-2,17-18H2. The zero-order valence-corrected chi connectivity index (χ0v) is 14.3. The van der Waals surface area contributed by atoms with E-state index >= 15 is 0 Å². The molecule has 0 saturated heterocycles. The van der Waals surface area contributed by atoms with Crippen molar-refractivity contribution >= 4 is 6.08 Å². The Morgan fingerprint density at radius 2 is 1.08 bits per heavy atom. The lowest BCUT2D eigenvalue weighted by Gasteiger charge is -2.07. The fraction of sp³-hybridized carbons (Fsp3) is 0.0833. The lowest BCUT2D eigenvalue weighted by Crippen LogP contribution is -1.92. The molecule has 0 spiro atoms. The van der Waals surface area contributed by atoms with Crippen LogP contribution in [0.25, 0.3) is 28.3 Å². The van der Waals surface area contributed by atoms with E-state index in [4.69, 9.17) is 4.74 Å². The van der Waals surface area contributed by atoms with Gasteiger partial charge in [-0.05, 0) is 33.4 Å². The minimum atomic E-state index is 0.580. The minimum Gasteiger partial charge on any atom is -0.373 e. The summed E-state index contributed by atoms with van der Waals surface area (Å²) in [6.45, 7) is 8.64. The number of benzene rings is 3. The first-order valence-corrected chi connectivity index (χ1v) is 8.41. The smallest absolute Gasteiger partial charge is 0.0721 e. The van der Waals surface area contributed by atoms with E-state index in [9.17, 15) is 0 Å². The van der Waals surface area contributed by atoms with Crippen molar-refractivity contribution in [1.29, 1.82) is 0 Å². The Kier molecular flexibility index (Phi) is 5.61. The lowest BCUT2D eigenvalue weighted by molar-refractivity contribution is 0.149. The molecule has 25 heavy (non-hydrogen) atoms. The lowest BCUT2D eigenvalue weighted by atomic mass is 9.99. The Hall–Kier alpha value is -2.90. The Labute approximate surface area is 149 Å². The van der Waals surface area contributed by atoms with Crippen molar-refractivity contribution in [3.8, 4) is 22.3 Å². The molecule has 0 radical (unpaired) electrons. The minimum absolute atomic E-state index is 0.580. The first-order valence-electron chi connectivity index (χ1n) is 8.41. The summed E-state index contributed by atoms with van der Waals surface area (Å²) in [5, 5.41) is 0. The average molecular weight is 326 g/mol. The second-order valence-corrected chi connectivity index (χ2v) is 5.90. The van der Waals surface area contributed by atoms with Gasteiger partial charge >= 0.3 is 0 Å². The van der Waals surface area contributed by atoms with Crippen molar-refractivity contribution in [1.82, 2.24) is 0 Å². The van der Waals surface area contributed by atoms with Crippen molar-refractivity contribution in [2.24, 2.45) is 0 Å². The van der Waals surface area contributed by atoms with E-state index in [0.717, 1.165) is 5.56 Å². The van der Waals surface area contributed by atoms with Crippen LogP contribution in [-0.2, 0) is 11.3 Å². The van der Waals surface area contributed by atoms with Gasteiger partial charge in [0.1, 0.15) is 0 Å². The van der Waals surface area contributed by atoms with E-state index in [2.05, 4.69) is 86.0 Å². The maximum absolute atomic E-state index is 5.47. The third-order valence-corrected chi connectivity index (χ3v) is 4.16. The van der Waals surface area contributed by atoms with Crippen LogP contribution >= 0.6 is 0 Å². The van der Waals surface area contributed by atoms with Gasteiger partial charge in [0.25, 0.3) is 0 Å². The Bertz CT molecular complexity index is 825. The van der Waals surface area contributed by atoms with Gasteiger partial charge in [-0.3, -0.25) is 0 Å². The highest BCUT2D eigenvalue weighted by molar-refractivity contribution is 5.71. The SMILES string of the molecule is C=CCOCc1ccc(-c2ccc(-c3ccc(C=C)cc3)cc2)cc1. The summed E-state index contributed by atoms with van der Waals surface area (Å²) in [6.07, 6.45) is 3.62. The van der Waals surface area contributed by atoms with Gasteiger partial charge in [-0.1, -0.05) is 91.5 Å². The molecule has 0 aliphatic rings. The van der Waals surface area contributed by atoms with E-state index in [1.807, 2.05) is 6.08 Å². The van der Waals surface area contributed by atoms with Crippen LogP contribution in [0.15, 0.2) is 92.0 Å². The highest BCUT2D eigenvalue weighted by atomic mass is 16.5. The molecule has 0 aromatic heterocycles. The molecule has 3 aromatic carbocycles. The van der Waals surface area contributed by atoms with Gasteiger partial charge in [-0.2, -0.15) is 0 Å². The zero-order valence-electron chi connectivity index (χ0n) is 14.3. The molecule has 0 amide bonds. The predicted octanol–water partition coefficient (Wildman–Crippen LogP) is 6.37. The van der Waals surface area contributed by atoms with E-state index in [1.165, 1.54) is 27.8 Å². The van der Waals surface area contributed by atoms with Crippen molar-refractivity contribution in [2.45, 2.75) is 6.61 Å². The summed E-state index contributed by atoms with van der Waals surface area (Å²) in [5.74, 6) is 0. The average Bonchev–Trinajstić information content (AvgIpc) is 2.69. The van der Waals surface area contributed by atoms with Crippen LogP contribution in [0.1, 0.15) is 11.1 Å². The Morgan fingerprint density at radius 3 is 1.52 bits per heavy atom. The molecular formula is C24H22O. The maximum atomic E-state index is 5.47. The maximum Gasteiger partial charge on any atom is 0.0721 e. The molecule has 1 nitrogen and oxygen atoms in total. The van der Waals surface area contributed by atoms with Gasteiger partial charge < -0.3 is 4.74 Å². The van der Waals surface area contributed by atoms with Crippen LogP contribution in [0, 0.1) is 0 Å². The fourth-order valence-corrected chi connectivity index (χ4v) is 2.72. The molecular weight excluding hydrogens is 304 g/mol.